The summed E-state index contributed by atoms with van der Waals surface area (Å²) in [7, 11) is 0. The van der Waals surface area contributed by atoms with E-state index in [1.54, 1.807) is 24.3 Å². The molecule has 0 amide bonds. The molecule has 46 heavy (non-hydrogen) atoms. The van der Waals surface area contributed by atoms with Gasteiger partial charge in [-0.1, -0.05) is 48.5 Å². The number of fused-ring (bicyclic) bond motifs is 9. The van der Waals surface area contributed by atoms with E-state index in [0.29, 0.717) is 11.1 Å². The van der Waals surface area contributed by atoms with E-state index in [1.807, 2.05) is 36.4 Å². The Labute approximate surface area is 269 Å². The zero-order chi connectivity index (χ0) is 31.7. The van der Waals surface area contributed by atoms with E-state index >= 15 is 0 Å². The summed E-state index contributed by atoms with van der Waals surface area (Å²) in [5.41, 5.74) is 9.62. The molecule has 0 fully saturated rings. The summed E-state index contributed by atoms with van der Waals surface area (Å²) in [6.07, 6.45) is 0. The second-order valence-electron chi connectivity index (χ2n) is 10.7. The van der Waals surface area contributed by atoms with Crippen LogP contribution < -0.4 is 0 Å². The normalized spacial score (nSPS) is 14.3. The first-order valence-electron chi connectivity index (χ1n) is 13.9. The Bertz CT molecular complexity index is 2360. The first-order chi connectivity index (χ1) is 22.4. The lowest BCUT2D eigenvalue weighted by Gasteiger charge is -2.09. The van der Waals surface area contributed by atoms with Crippen molar-refractivity contribution in [2.75, 3.05) is 0 Å². The quantitative estimate of drug-likeness (QED) is 0.141. The van der Waals surface area contributed by atoms with Gasteiger partial charge in [-0.3, -0.25) is 0 Å². The summed E-state index contributed by atoms with van der Waals surface area (Å²) in [5, 5.41) is 20.0. The van der Waals surface area contributed by atoms with Crippen molar-refractivity contribution >= 4 is 43.2 Å². The van der Waals surface area contributed by atoms with E-state index in [0.717, 1.165) is 74.8 Å². The van der Waals surface area contributed by atoms with Crippen LogP contribution in [0.3, 0.4) is 0 Å². The van der Waals surface area contributed by atoms with Gasteiger partial charge in [0.15, 0.2) is 0 Å². The zero-order valence-electron chi connectivity index (χ0n) is 23.4. The van der Waals surface area contributed by atoms with E-state index in [2.05, 4.69) is 21.8 Å². The van der Waals surface area contributed by atoms with Crippen LogP contribution in [0.4, 0.5) is 8.78 Å². The van der Waals surface area contributed by atoms with Crippen molar-refractivity contribution in [3.8, 4) is 56.6 Å². The second kappa shape index (κ2) is 10.2. The summed E-state index contributed by atoms with van der Waals surface area (Å²) in [4.78, 5) is 8.85. The molecule has 6 aromatic rings. The Kier molecular flexibility index (Phi) is 6.07. The van der Waals surface area contributed by atoms with Crippen LogP contribution in [0, 0.1) is 47.4 Å². The number of nitriles is 2. The molecule has 2 heterocycles. The molecule has 0 saturated heterocycles. The summed E-state index contributed by atoms with van der Waals surface area (Å²) < 4.78 is 29.2. The molecule has 0 radical (unpaired) electrons. The molecular formula is C38H14F2N4S2. The molecular weight excluding hydrogens is 615 g/mol. The lowest BCUT2D eigenvalue weighted by atomic mass is 9.96. The molecule has 0 saturated carbocycles. The molecule has 4 nitrogen and oxygen atoms in total. The van der Waals surface area contributed by atoms with Gasteiger partial charge in [-0.2, -0.15) is 0 Å². The van der Waals surface area contributed by atoms with Gasteiger partial charge in [0.05, 0.1) is 34.7 Å². The molecule has 212 valence electrons. The molecule has 8 heteroatoms. The van der Waals surface area contributed by atoms with Crippen LogP contribution in [-0.4, -0.2) is 0 Å². The summed E-state index contributed by atoms with van der Waals surface area (Å²) in [5.74, 6) is -0.667. The monoisotopic (exact) mass is 628 g/mol. The van der Waals surface area contributed by atoms with Gasteiger partial charge in [0.25, 0.3) is 11.4 Å². The summed E-state index contributed by atoms with van der Waals surface area (Å²) in [6, 6.07) is 28.4. The number of allylic oxidation sites excluding steroid dienone is 2. The van der Waals surface area contributed by atoms with Crippen molar-refractivity contribution in [3.05, 3.63) is 152 Å². The molecule has 0 unspecified atom stereocenters. The van der Waals surface area contributed by atoms with Gasteiger partial charge in [-0.25, -0.2) is 29.0 Å². The first kappa shape index (κ1) is 27.4. The molecule has 0 spiro atoms. The van der Waals surface area contributed by atoms with Crippen LogP contribution >= 0.6 is 22.7 Å². The van der Waals surface area contributed by atoms with Crippen molar-refractivity contribution in [2.45, 2.75) is 0 Å². The van der Waals surface area contributed by atoms with Crippen molar-refractivity contribution in [1.29, 1.82) is 10.5 Å². The largest absolute Gasteiger partial charge is 0.271 e. The predicted octanol–water partition coefficient (Wildman–Crippen LogP) is 10.9. The van der Waals surface area contributed by atoms with Crippen LogP contribution in [0.25, 0.3) is 74.7 Å². The van der Waals surface area contributed by atoms with Crippen molar-refractivity contribution in [2.24, 2.45) is 0 Å². The lowest BCUT2D eigenvalue weighted by Crippen LogP contribution is -1.87. The maximum Gasteiger partial charge on any atom is 0.271 e. The number of benzene rings is 4. The fourth-order valence-electron chi connectivity index (χ4n) is 6.35. The SMILES string of the molecule is [C-]#[N+]/C(C#N)=C1/c2cc(-c3ccc(F)cc3)ccc2-c2c1sc1c3c(sc21)/C(=C(\C#N)[N+]#[C-])c1cc(-c2ccc(F)cc2)ccc1-3. The Morgan fingerprint density at radius 3 is 1.26 bits per heavy atom. The van der Waals surface area contributed by atoms with Gasteiger partial charge in [-0.05, 0) is 80.9 Å². The molecule has 0 bridgehead atoms. The highest BCUT2D eigenvalue weighted by Crippen LogP contribution is 2.62. The highest BCUT2D eigenvalue weighted by atomic mass is 32.1. The topological polar surface area (TPSA) is 56.3 Å². The highest BCUT2D eigenvalue weighted by Gasteiger charge is 2.37. The molecule has 8 rings (SSSR count). The van der Waals surface area contributed by atoms with Crippen LogP contribution in [-0.2, 0) is 0 Å². The highest BCUT2D eigenvalue weighted by molar-refractivity contribution is 7.31. The van der Waals surface area contributed by atoms with Crippen LogP contribution in [0.1, 0.15) is 20.9 Å². The number of rotatable bonds is 2. The molecule has 0 atom stereocenters. The van der Waals surface area contributed by atoms with Crippen molar-refractivity contribution < 1.29 is 8.78 Å². The Morgan fingerprint density at radius 1 is 0.543 bits per heavy atom. The molecule has 0 aliphatic heterocycles. The van der Waals surface area contributed by atoms with E-state index in [-0.39, 0.29) is 23.0 Å². The van der Waals surface area contributed by atoms with E-state index < -0.39 is 0 Å². The van der Waals surface area contributed by atoms with E-state index in [9.17, 15) is 19.3 Å². The first-order valence-corrected chi connectivity index (χ1v) is 15.5. The standard InChI is InChI=1S/C38H14F2N4S2/c1-43-29(17-41)31-27-15-21(19-3-9-23(39)10-4-19)7-13-25(27)33-35(31)45-38-34-26-14-8-22(20-5-11-24(40)12-6-20)16-28(26)32(30(18-42)44-2)36(34)46-37(33)38/h3-16H/b31-29-,32-30+. The fourth-order valence-corrected chi connectivity index (χ4v) is 9.40. The minimum Gasteiger partial charge on any atom is -0.226 e. The Hall–Kier alpha value is -6.16. The average Bonchev–Trinajstić information content (AvgIpc) is 3.79. The fraction of sp³-hybridized carbons (Fsp3) is 0. The maximum atomic E-state index is 13.6. The molecule has 2 aliphatic carbocycles. The van der Waals surface area contributed by atoms with Crippen molar-refractivity contribution in [3.63, 3.8) is 0 Å². The van der Waals surface area contributed by atoms with Gasteiger partial charge < -0.3 is 0 Å². The van der Waals surface area contributed by atoms with Crippen LogP contribution in [0.2, 0.25) is 0 Å². The van der Waals surface area contributed by atoms with Crippen LogP contribution in [0.5, 0.6) is 0 Å². The summed E-state index contributed by atoms with van der Waals surface area (Å²) >= 11 is 3.01. The molecule has 4 aromatic carbocycles. The van der Waals surface area contributed by atoms with Gasteiger partial charge in [0.1, 0.15) is 11.6 Å². The third-order valence-corrected chi connectivity index (χ3v) is 10.9. The van der Waals surface area contributed by atoms with E-state index in [4.69, 9.17) is 13.1 Å². The lowest BCUT2D eigenvalue weighted by molar-refractivity contribution is 0.627. The Morgan fingerprint density at radius 2 is 0.913 bits per heavy atom. The van der Waals surface area contributed by atoms with Gasteiger partial charge >= 0.3 is 0 Å². The van der Waals surface area contributed by atoms with Crippen molar-refractivity contribution in [1.82, 2.24) is 0 Å². The number of halogens is 2. The van der Waals surface area contributed by atoms with Gasteiger partial charge in [0.2, 0.25) is 0 Å². The van der Waals surface area contributed by atoms with Gasteiger partial charge in [0, 0.05) is 32.0 Å². The third kappa shape index (κ3) is 3.83. The van der Waals surface area contributed by atoms with Crippen LogP contribution in [0.15, 0.2) is 96.3 Å². The second-order valence-corrected chi connectivity index (χ2v) is 12.7. The average molecular weight is 629 g/mol. The number of hydrogen-bond acceptors (Lipinski definition) is 4. The number of hydrogen-bond donors (Lipinski definition) is 0. The smallest absolute Gasteiger partial charge is 0.226 e. The Balaban J connectivity index is 1.39. The molecule has 2 aromatic heterocycles. The minimum atomic E-state index is -0.333. The van der Waals surface area contributed by atoms with Gasteiger partial charge in [-0.15, -0.1) is 22.7 Å². The minimum absolute atomic E-state index is 0.00787. The maximum absolute atomic E-state index is 13.6. The molecule has 2 aliphatic rings. The van der Waals surface area contributed by atoms with E-state index in [1.165, 1.54) is 46.9 Å². The number of thiophene rings is 2. The number of nitrogens with zero attached hydrogens (tertiary/aromatic N) is 4. The summed E-state index contributed by atoms with van der Waals surface area (Å²) in [6.45, 7) is 15.6. The molecule has 0 N–H and O–H groups in total. The predicted molar refractivity (Wildman–Crippen MR) is 178 cm³/mol. The zero-order valence-corrected chi connectivity index (χ0v) is 25.1. The third-order valence-electron chi connectivity index (χ3n) is 8.36.